The first-order chi connectivity index (χ1) is 13.2. The molecule has 8 heteroatoms. The molecule has 0 aliphatic heterocycles. The molecular formula is C19H25N5O2S. The number of pyridine rings is 1. The Morgan fingerprint density at radius 3 is 2.78 bits per heavy atom. The molecule has 0 aromatic carbocycles. The number of hydrogen-bond donors (Lipinski definition) is 3. The zero-order valence-corrected chi connectivity index (χ0v) is 16.1. The normalized spacial score (nSPS) is 14.5. The van der Waals surface area contributed by atoms with Gasteiger partial charge in [-0.25, -0.2) is 9.78 Å². The van der Waals surface area contributed by atoms with E-state index in [9.17, 15) is 9.59 Å². The molecule has 0 radical (unpaired) electrons. The molecule has 144 valence electrons. The van der Waals surface area contributed by atoms with Crippen molar-refractivity contribution in [2.75, 3.05) is 11.9 Å². The number of carbonyl (C=O) groups is 2. The highest BCUT2D eigenvalue weighted by Crippen LogP contribution is 2.23. The van der Waals surface area contributed by atoms with Gasteiger partial charge in [0.2, 0.25) is 5.91 Å². The van der Waals surface area contributed by atoms with Crippen molar-refractivity contribution in [3.8, 4) is 11.4 Å². The molecule has 7 nitrogen and oxygen atoms in total. The van der Waals surface area contributed by atoms with Gasteiger partial charge < -0.3 is 16.0 Å². The van der Waals surface area contributed by atoms with E-state index in [1.54, 1.807) is 6.20 Å². The van der Waals surface area contributed by atoms with Gasteiger partial charge in [0, 0.05) is 30.6 Å². The van der Waals surface area contributed by atoms with Gasteiger partial charge in [0.1, 0.15) is 5.69 Å². The molecule has 27 heavy (non-hydrogen) atoms. The molecule has 3 N–H and O–H groups in total. The number of urea groups is 1. The number of aromatic nitrogens is 2. The average molecular weight is 388 g/mol. The first-order valence-electron chi connectivity index (χ1n) is 9.42. The molecule has 2 aromatic heterocycles. The fourth-order valence-electron chi connectivity index (χ4n) is 3.08. The number of carbonyl (C=O) groups excluding carboxylic acids is 2. The van der Waals surface area contributed by atoms with Crippen LogP contribution in [-0.4, -0.2) is 34.5 Å². The predicted octanol–water partition coefficient (Wildman–Crippen LogP) is 3.56. The third-order valence-electron chi connectivity index (χ3n) is 4.48. The number of anilines is 1. The number of nitrogens with zero attached hydrogens (tertiary/aromatic N) is 2. The van der Waals surface area contributed by atoms with Gasteiger partial charge in [-0.05, 0) is 31.4 Å². The van der Waals surface area contributed by atoms with Crippen molar-refractivity contribution >= 4 is 28.4 Å². The van der Waals surface area contributed by atoms with Crippen molar-refractivity contribution in [3.05, 3.63) is 29.8 Å². The van der Waals surface area contributed by atoms with E-state index >= 15 is 0 Å². The summed E-state index contributed by atoms with van der Waals surface area (Å²) < 4.78 is 0. The lowest BCUT2D eigenvalue weighted by Crippen LogP contribution is -2.43. The van der Waals surface area contributed by atoms with E-state index in [2.05, 4.69) is 25.9 Å². The van der Waals surface area contributed by atoms with Crippen LogP contribution in [0, 0.1) is 0 Å². The van der Waals surface area contributed by atoms with Gasteiger partial charge in [-0.15, -0.1) is 11.3 Å². The maximum atomic E-state index is 12.0. The topological polar surface area (TPSA) is 96.0 Å². The van der Waals surface area contributed by atoms with Crippen molar-refractivity contribution in [2.45, 2.75) is 51.0 Å². The summed E-state index contributed by atoms with van der Waals surface area (Å²) >= 11 is 1.37. The summed E-state index contributed by atoms with van der Waals surface area (Å²) in [5.74, 6) is -0.105. The van der Waals surface area contributed by atoms with Crippen LogP contribution in [0.3, 0.4) is 0 Å². The molecule has 0 saturated heterocycles. The zero-order chi connectivity index (χ0) is 18.9. The fourth-order valence-corrected chi connectivity index (χ4v) is 3.80. The molecule has 1 aliphatic rings. The second kappa shape index (κ2) is 10.0. The van der Waals surface area contributed by atoms with Crippen LogP contribution in [0.15, 0.2) is 29.8 Å². The Bertz CT molecular complexity index is 744. The molecule has 0 spiro atoms. The van der Waals surface area contributed by atoms with Gasteiger partial charge in [0.15, 0.2) is 5.13 Å². The van der Waals surface area contributed by atoms with Crippen LogP contribution in [0.5, 0.6) is 0 Å². The van der Waals surface area contributed by atoms with E-state index in [0.717, 1.165) is 24.2 Å². The Hall–Kier alpha value is -2.48. The first-order valence-corrected chi connectivity index (χ1v) is 10.3. The fraction of sp³-hybridized carbons (Fsp3) is 0.474. The van der Waals surface area contributed by atoms with Crippen LogP contribution >= 0.6 is 11.3 Å². The lowest BCUT2D eigenvalue weighted by Gasteiger charge is -2.22. The minimum Gasteiger partial charge on any atom is -0.338 e. The highest BCUT2D eigenvalue weighted by molar-refractivity contribution is 7.14. The average Bonchev–Trinajstić information content (AvgIpc) is 3.15. The second-order valence-electron chi connectivity index (χ2n) is 6.64. The summed E-state index contributed by atoms with van der Waals surface area (Å²) in [4.78, 5) is 32.5. The van der Waals surface area contributed by atoms with Gasteiger partial charge in [0.05, 0.1) is 5.69 Å². The molecule has 2 heterocycles. The summed E-state index contributed by atoms with van der Waals surface area (Å²) in [7, 11) is 0. The SMILES string of the molecule is O=C(CCCNC(=O)NC1CCCCC1)Nc1nc(-c2ccccn2)cs1. The van der Waals surface area contributed by atoms with E-state index in [4.69, 9.17) is 0 Å². The van der Waals surface area contributed by atoms with E-state index in [1.807, 2.05) is 23.6 Å². The van der Waals surface area contributed by atoms with E-state index in [0.29, 0.717) is 30.6 Å². The molecule has 2 aromatic rings. The molecule has 3 rings (SSSR count). The standard InChI is InChI=1S/C19H25N5O2S/c25-17(10-6-12-21-18(26)22-14-7-2-1-3-8-14)24-19-23-16(13-27-19)15-9-4-5-11-20-15/h4-5,9,11,13-14H,1-3,6-8,10,12H2,(H2,21,22,26)(H,23,24,25). The van der Waals surface area contributed by atoms with Crippen molar-refractivity contribution in [3.63, 3.8) is 0 Å². The van der Waals surface area contributed by atoms with E-state index in [-0.39, 0.29) is 11.9 Å². The minimum atomic E-state index is -0.137. The zero-order valence-electron chi connectivity index (χ0n) is 15.2. The second-order valence-corrected chi connectivity index (χ2v) is 7.50. The summed E-state index contributed by atoms with van der Waals surface area (Å²) in [5, 5.41) is 11.1. The molecule has 1 aliphatic carbocycles. The minimum absolute atomic E-state index is 0.105. The molecule has 0 bridgehead atoms. The van der Waals surface area contributed by atoms with Crippen LogP contribution < -0.4 is 16.0 Å². The number of nitrogens with one attached hydrogen (secondary N) is 3. The van der Waals surface area contributed by atoms with Crippen molar-refractivity contribution in [1.82, 2.24) is 20.6 Å². The van der Waals surface area contributed by atoms with E-state index < -0.39 is 0 Å². The van der Waals surface area contributed by atoms with Crippen LogP contribution in [-0.2, 0) is 4.79 Å². The first kappa shape index (κ1) is 19.3. The summed E-state index contributed by atoms with van der Waals surface area (Å²) in [5.41, 5.74) is 1.53. The Morgan fingerprint density at radius 1 is 1.15 bits per heavy atom. The summed E-state index contributed by atoms with van der Waals surface area (Å²) in [6.07, 6.45) is 8.38. The van der Waals surface area contributed by atoms with Crippen LogP contribution in [0.1, 0.15) is 44.9 Å². The van der Waals surface area contributed by atoms with Crippen molar-refractivity contribution in [1.29, 1.82) is 0 Å². The smallest absolute Gasteiger partial charge is 0.315 e. The highest BCUT2D eigenvalue weighted by Gasteiger charge is 2.15. The number of thiazole rings is 1. The Balaban J connectivity index is 1.33. The Kier molecular flexibility index (Phi) is 7.15. The van der Waals surface area contributed by atoms with Gasteiger partial charge in [-0.2, -0.15) is 0 Å². The summed E-state index contributed by atoms with van der Waals surface area (Å²) in [6.45, 7) is 0.475. The van der Waals surface area contributed by atoms with Crippen molar-refractivity contribution in [2.24, 2.45) is 0 Å². The van der Waals surface area contributed by atoms with Gasteiger partial charge in [-0.3, -0.25) is 9.78 Å². The van der Waals surface area contributed by atoms with Gasteiger partial charge in [-0.1, -0.05) is 25.3 Å². The number of rotatable bonds is 7. The van der Waals surface area contributed by atoms with Crippen molar-refractivity contribution < 1.29 is 9.59 Å². The lowest BCUT2D eigenvalue weighted by molar-refractivity contribution is -0.116. The van der Waals surface area contributed by atoms with Crippen LogP contribution in [0.4, 0.5) is 9.93 Å². The Labute approximate surface area is 163 Å². The lowest BCUT2D eigenvalue weighted by atomic mass is 9.96. The van der Waals surface area contributed by atoms with Crippen LogP contribution in [0.25, 0.3) is 11.4 Å². The molecular weight excluding hydrogens is 362 g/mol. The molecule has 0 unspecified atom stereocenters. The quantitative estimate of drug-likeness (QED) is 0.633. The van der Waals surface area contributed by atoms with Crippen LogP contribution in [0.2, 0.25) is 0 Å². The van der Waals surface area contributed by atoms with E-state index in [1.165, 1.54) is 30.6 Å². The van der Waals surface area contributed by atoms with Gasteiger partial charge in [0.25, 0.3) is 0 Å². The molecule has 1 saturated carbocycles. The Morgan fingerprint density at radius 2 is 2.00 bits per heavy atom. The molecule has 3 amide bonds. The molecule has 1 fully saturated rings. The van der Waals surface area contributed by atoms with Gasteiger partial charge >= 0.3 is 6.03 Å². The summed E-state index contributed by atoms with van der Waals surface area (Å²) in [6, 6.07) is 5.78. The monoisotopic (exact) mass is 387 g/mol. The number of amides is 3. The number of hydrogen-bond acceptors (Lipinski definition) is 5. The largest absolute Gasteiger partial charge is 0.338 e. The highest BCUT2D eigenvalue weighted by atomic mass is 32.1. The third-order valence-corrected chi connectivity index (χ3v) is 5.24. The maximum Gasteiger partial charge on any atom is 0.315 e. The predicted molar refractivity (Wildman–Crippen MR) is 107 cm³/mol. The maximum absolute atomic E-state index is 12.0. The molecule has 0 atom stereocenters. The third kappa shape index (κ3) is 6.32.